The normalized spacial score (nSPS) is 16.1. The molecule has 3 nitrogen and oxygen atoms in total. The van der Waals surface area contributed by atoms with Crippen LogP contribution in [0.3, 0.4) is 0 Å². The molecule has 0 aliphatic heterocycles. The first-order valence-corrected chi connectivity index (χ1v) is 18.3. The highest BCUT2D eigenvalue weighted by molar-refractivity contribution is 6.11. The third-order valence-corrected chi connectivity index (χ3v) is 11.5. The van der Waals surface area contributed by atoms with Crippen molar-refractivity contribution in [1.29, 1.82) is 0 Å². The minimum absolute atomic E-state index is 0.102. The maximum Gasteiger partial charge on any atom is 0.164 e. The van der Waals surface area contributed by atoms with Gasteiger partial charge in [0.15, 0.2) is 17.5 Å². The fraction of sp³-hybridized carbons (Fsp3) is 0.122. The number of allylic oxidation sites excluding steroid dienone is 4. The molecule has 10 rings (SSSR count). The van der Waals surface area contributed by atoms with Crippen molar-refractivity contribution < 1.29 is 0 Å². The predicted molar refractivity (Wildman–Crippen MR) is 212 cm³/mol. The van der Waals surface area contributed by atoms with Crippen LogP contribution in [0.5, 0.6) is 0 Å². The van der Waals surface area contributed by atoms with E-state index in [1.807, 2.05) is 60.7 Å². The number of nitrogens with zero attached hydrogens (tertiary/aromatic N) is 3. The van der Waals surface area contributed by atoms with Gasteiger partial charge >= 0.3 is 0 Å². The summed E-state index contributed by atoms with van der Waals surface area (Å²) in [6, 6.07) is 56.7. The quantitative estimate of drug-likeness (QED) is 0.187. The number of fused-ring (bicyclic) bond motifs is 8. The van der Waals surface area contributed by atoms with Gasteiger partial charge in [-0.15, -0.1) is 0 Å². The van der Waals surface area contributed by atoms with E-state index in [2.05, 4.69) is 117 Å². The number of benzene rings is 6. The SMILES string of the molecule is CC1(C)c2ccccc2C2(C3=C(C(c4ccc(-c5nc(-c6ccccc6)nc(-c6ccccc6)n5)cc4)=CCC3)c3ccccc32)c2ccccc21. The van der Waals surface area contributed by atoms with Gasteiger partial charge in [0.05, 0.1) is 5.41 Å². The van der Waals surface area contributed by atoms with Gasteiger partial charge in [0, 0.05) is 22.1 Å². The van der Waals surface area contributed by atoms with Crippen LogP contribution in [0.2, 0.25) is 0 Å². The first-order chi connectivity index (χ1) is 25.5. The maximum atomic E-state index is 4.99. The highest BCUT2D eigenvalue weighted by Crippen LogP contribution is 2.64. The van der Waals surface area contributed by atoms with Crippen molar-refractivity contribution in [3.8, 4) is 34.2 Å². The topological polar surface area (TPSA) is 38.7 Å². The van der Waals surface area contributed by atoms with E-state index in [0.29, 0.717) is 17.5 Å². The molecule has 0 amide bonds. The molecule has 0 N–H and O–H groups in total. The van der Waals surface area contributed by atoms with Crippen LogP contribution in [0.4, 0.5) is 0 Å². The second-order valence-electron chi connectivity index (χ2n) is 14.6. The molecule has 0 saturated carbocycles. The molecule has 0 fully saturated rings. The molecular formula is C49H37N3. The maximum absolute atomic E-state index is 4.99. The van der Waals surface area contributed by atoms with Crippen molar-refractivity contribution in [1.82, 2.24) is 15.0 Å². The van der Waals surface area contributed by atoms with Crippen LogP contribution in [-0.4, -0.2) is 15.0 Å². The molecule has 7 aromatic rings. The molecule has 248 valence electrons. The summed E-state index contributed by atoms with van der Waals surface area (Å²) in [5.41, 5.74) is 16.3. The fourth-order valence-electron chi connectivity index (χ4n) is 9.24. The molecule has 1 heterocycles. The van der Waals surface area contributed by atoms with E-state index in [4.69, 9.17) is 15.0 Å². The summed E-state index contributed by atoms with van der Waals surface area (Å²) >= 11 is 0. The summed E-state index contributed by atoms with van der Waals surface area (Å²) in [6.45, 7) is 4.78. The first-order valence-electron chi connectivity index (χ1n) is 18.3. The molecule has 0 saturated heterocycles. The molecule has 0 atom stereocenters. The Morgan fingerprint density at radius 2 is 0.846 bits per heavy atom. The molecule has 1 aromatic heterocycles. The number of hydrogen-bond donors (Lipinski definition) is 0. The standard InChI is InChI=1S/C49H37N3/c1-48(2)39-23-11-13-25-41(39)49(42-26-14-12-24-40(42)48)38-22-10-9-20-37(38)44-36(21-15-27-43(44)49)32-28-30-35(31-29-32)47-51-45(33-16-5-3-6-17-33)50-46(52-47)34-18-7-4-8-19-34/h3-14,16-26,28-31H,15,27H2,1-2H3. The van der Waals surface area contributed by atoms with Gasteiger partial charge in [-0.25, -0.2) is 15.0 Å². The lowest BCUT2D eigenvalue weighted by molar-refractivity contribution is 0.550. The zero-order valence-electron chi connectivity index (χ0n) is 29.3. The number of aromatic nitrogens is 3. The van der Waals surface area contributed by atoms with Crippen LogP contribution in [0.1, 0.15) is 65.6 Å². The van der Waals surface area contributed by atoms with E-state index in [9.17, 15) is 0 Å². The molecule has 3 aliphatic rings. The summed E-state index contributed by atoms with van der Waals surface area (Å²) < 4.78 is 0. The molecule has 0 unspecified atom stereocenters. The van der Waals surface area contributed by atoms with Gasteiger partial charge in [-0.1, -0.05) is 178 Å². The van der Waals surface area contributed by atoms with Crippen molar-refractivity contribution in [2.75, 3.05) is 0 Å². The van der Waals surface area contributed by atoms with Gasteiger partial charge in [-0.05, 0) is 68.5 Å². The highest BCUT2D eigenvalue weighted by atomic mass is 15.0. The summed E-state index contributed by atoms with van der Waals surface area (Å²) in [7, 11) is 0. The Bertz CT molecular complexity index is 2470. The van der Waals surface area contributed by atoms with Gasteiger partial charge < -0.3 is 0 Å². The molecule has 0 radical (unpaired) electrons. The smallest absolute Gasteiger partial charge is 0.164 e. The van der Waals surface area contributed by atoms with Crippen LogP contribution in [0.15, 0.2) is 169 Å². The molecule has 1 spiro atoms. The third-order valence-electron chi connectivity index (χ3n) is 11.5. The second-order valence-corrected chi connectivity index (χ2v) is 14.6. The Labute approximate surface area is 305 Å². The first kappa shape index (κ1) is 30.6. The predicted octanol–water partition coefficient (Wildman–Crippen LogP) is 11.5. The Morgan fingerprint density at radius 3 is 1.38 bits per heavy atom. The van der Waals surface area contributed by atoms with E-state index < -0.39 is 0 Å². The van der Waals surface area contributed by atoms with E-state index in [1.165, 1.54) is 55.7 Å². The van der Waals surface area contributed by atoms with Crippen molar-refractivity contribution in [3.63, 3.8) is 0 Å². The summed E-state index contributed by atoms with van der Waals surface area (Å²) in [5.74, 6) is 2.00. The summed E-state index contributed by atoms with van der Waals surface area (Å²) in [6.07, 6.45) is 4.47. The molecule has 52 heavy (non-hydrogen) atoms. The highest BCUT2D eigenvalue weighted by Gasteiger charge is 2.54. The van der Waals surface area contributed by atoms with Crippen molar-refractivity contribution in [2.45, 2.75) is 37.5 Å². The van der Waals surface area contributed by atoms with E-state index in [-0.39, 0.29) is 10.8 Å². The van der Waals surface area contributed by atoms with Crippen LogP contribution in [0.25, 0.3) is 45.3 Å². The summed E-state index contributed by atoms with van der Waals surface area (Å²) in [4.78, 5) is 14.9. The lowest BCUT2D eigenvalue weighted by Gasteiger charge is -2.47. The zero-order valence-corrected chi connectivity index (χ0v) is 29.3. The van der Waals surface area contributed by atoms with Crippen LogP contribution < -0.4 is 0 Å². The van der Waals surface area contributed by atoms with Gasteiger partial charge in [-0.2, -0.15) is 0 Å². The van der Waals surface area contributed by atoms with Gasteiger partial charge in [-0.3, -0.25) is 0 Å². The Hall–Kier alpha value is -6.19. The van der Waals surface area contributed by atoms with Gasteiger partial charge in [0.1, 0.15) is 0 Å². The number of hydrogen-bond acceptors (Lipinski definition) is 3. The van der Waals surface area contributed by atoms with Gasteiger partial charge in [0.25, 0.3) is 0 Å². The van der Waals surface area contributed by atoms with Crippen molar-refractivity contribution in [3.05, 3.63) is 208 Å². The largest absolute Gasteiger partial charge is 0.208 e. The molecule has 6 aromatic carbocycles. The van der Waals surface area contributed by atoms with E-state index >= 15 is 0 Å². The third kappa shape index (κ3) is 4.42. The Morgan fingerprint density at radius 1 is 0.423 bits per heavy atom. The molecular weight excluding hydrogens is 631 g/mol. The van der Waals surface area contributed by atoms with E-state index in [1.54, 1.807) is 0 Å². The molecule has 3 aliphatic carbocycles. The minimum Gasteiger partial charge on any atom is -0.208 e. The van der Waals surface area contributed by atoms with Gasteiger partial charge in [0.2, 0.25) is 0 Å². The zero-order chi connectivity index (χ0) is 34.9. The lowest BCUT2D eigenvalue weighted by atomic mass is 9.54. The average molecular weight is 668 g/mol. The lowest BCUT2D eigenvalue weighted by Crippen LogP contribution is -2.41. The monoisotopic (exact) mass is 667 g/mol. The average Bonchev–Trinajstić information content (AvgIpc) is 3.52. The van der Waals surface area contributed by atoms with Crippen molar-refractivity contribution in [2.24, 2.45) is 0 Å². The second kappa shape index (κ2) is 11.7. The minimum atomic E-state index is -0.333. The van der Waals surface area contributed by atoms with Crippen LogP contribution >= 0.6 is 0 Å². The molecule has 0 bridgehead atoms. The molecule has 3 heteroatoms. The fourth-order valence-corrected chi connectivity index (χ4v) is 9.24. The number of rotatable bonds is 4. The van der Waals surface area contributed by atoms with Crippen LogP contribution in [-0.2, 0) is 10.8 Å². The Kier molecular flexibility index (Phi) is 6.88. The van der Waals surface area contributed by atoms with Crippen LogP contribution in [0, 0.1) is 0 Å². The summed E-state index contributed by atoms with van der Waals surface area (Å²) in [5, 5.41) is 0. The Balaban J connectivity index is 1.13. The van der Waals surface area contributed by atoms with Crippen molar-refractivity contribution >= 4 is 11.1 Å². The van der Waals surface area contributed by atoms with E-state index in [0.717, 1.165) is 29.5 Å².